The van der Waals surface area contributed by atoms with E-state index in [1.807, 2.05) is 62.1 Å². The Labute approximate surface area is 278 Å². The molecule has 254 valence electrons. The van der Waals surface area contributed by atoms with Crippen LogP contribution in [-0.2, 0) is 38.6 Å². The third-order valence-corrected chi connectivity index (χ3v) is 7.93. The topological polar surface area (TPSA) is 125 Å². The number of pyridine rings is 1. The number of esters is 1. The number of carbonyl (C=O) groups excluding carboxylic acids is 2. The third-order valence-electron chi connectivity index (χ3n) is 7.93. The van der Waals surface area contributed by atoms with Gasteiger partial charge in [-0.25, -0.2) is 14.8 Å². The van der Waals surface area contributed by atoms with Crippen LogP contribution in [0.2, 0.25) is 0 Å². The van der Waals surface area contributed by atoms with Gasteiger partial charge < -0.3 is 29.4 Å². The summed E-state index contributed by atoms with van der Waals surface area (Å²) in [6.45, 7) is 13.7. The number of amides is 1. The predicted molar refractivity (Wildman–Crippen MR) is 185 cm³/mol. The molecule has 0 aliphatic carbocycles. The fourth-order valence-electron chi connectivity index (χ4n) is 5.60. The first-order valence-electron chi connectivity index (χ1n) is 16.5. The van der Waals surface area contributed by atoms with Gasteiger partial charge in [0.1, 0.15) is 22.7 Å². The van der Waals surface area contributed by atoms with Crippen LogP contribution in [0.4, 0.5) is 5.82 Å². The Hall–Kier alpha value is -4.22. The Balaban J connectivity index is 1.49. The number of aromatic nitrogens is 3. The average Bonchev–Trinajstić information content (AvgIpc) is 3.41. The van der Waals surface area contributed by atoms with Crippen molar-refractivity contribution in [3.05, 3.63) is 59.9 Å². The number of likely N-dealkylation sites (N-methyl/N-ethyl adjacent to an activating group) is 1. The Morgan fingerprint density at radius 2 is 1.77 bits per heavy atom. The lowest BCUT2D eigenvalue weighted by Crippen LogP contribution is -2.40. The van der Waals surface area contributed by atoms with Gasteiger partial charge in [-0.3, -0.25) is 9.69 Å². The van der Waals surface area contributed by atoms with Crippen LogP contribution in [0.3, 0.4) is 0 Å². The second kappa shape index (κ2) is 16.6. The molecule has 0 unspecified atom stereocenters. The number of anilines is 1. The van der Waals surface area contributed by atoms with Crippen LogP contribution in [0.15, 0.2) is 48.5 Å². The molecule has 4 aromatic rings. The molecule has 0 saturated carbocycles. The monoisotopic (exact) mass is 646 g/mol. The number of benzene rings is 2. The van der Waals surface area contributed by atoms with E-state index in [4.69, 9.17) is 24.9 Å². The average molecular weight is 647 g/mol. The SMILES string of the molecule is CCN(CC)CC(=O)N(CCCCn1c(CCOC)nc2c(N)nc3ccccc3c21)Cc1cccc(OCC(=O)OC(C)(C)C)c1. The molecule has 0 atom stereocenters. The maximum Gasteiger partial charge on any atom is 0.344 e. The van der Waals surface area contributed by atoms with Crippen molar-refractivity contribution in [3.8, 4) is 5.75 Å². The molecule has 0 fully saturated rings. The minimum Gasteiger partial charge on any atom is -0.482 e. The van der Waals surface area contributed by atoms with E-state index < -0.39 is 11.6 Å². The number of hydrogen-bond acceptors (Lipinski definition) is 9. The summed E-state index contributed by atoms with van der Waals surface area (Å²) in [5.41, 5.74) is 9.24. The molecule has 2 heterocycles. The molecule has 2 aromatic heterocycles. The van der Waals surface area contributed by atoms with Crippen molar-refractivity contribution in [2.24, 2.45) is 0 Å². The highest BCUT2D eigenvalue weighted by Crippen LogP contribution is 2.29. The highest BCUT2D eigenvalue weighted by atomic mass is 16.6. The normalized spacial score (nSPS) is 11.8. The second-order valence-corrected chi connectivity index (χ2v) is 12.6. The zero-order valence-electron chi connectivity index (χ0n) is 28.8. The minimum atomic E-state index is -0.581. The maximum absolute atomic E-state index is 13.6. The summed E-state index contributed by atoms with van der Waals surface area (Å²) in [7, 11) is 1.69. The molecular weight excluding hydrogens is 596 g/mol. The number of carbonyl (C=O) groups is 2. The van der Waals surface area contributed by atoms with Crippen LogP contribution in [-0.4, -0.2) is 88.3 Å². The number of nitrogen functional groups attached to an aromatic ring is 1. The summed E-state index contributed by atoms with van der Waals surface area (Å²) in [6.07, 6.45) is 2.27. The standard InChI is InChI=1S/C36H50N6O5/c1-7-40(8-2)24-31(43)41(23-26-14-13-15-27(22-26)46-25-32(44)47-36(3,4)5)19-11-12-20-42-30(18-21-45-6)39-33-34(42)28-16-9-10-17-29(28)38-35(33)37/h9-10,13-17,22H,7-8,11-12,18-21,23-25H2,1-6H3,(H2,37,38). The molecule has 0 aliphatic heterocycles. The van der Waals surface area contributed by atoms with Crippen molar-refractivity contribution < 1.29 is 23.8 Å². The molecular formula is C36H50N6O5. The first-order chi connectivity index (χ1) is 22.5. The van der Waals surface area contributed by atoms with E-state index >= 15 is 0 Å². The zero-order valence-corrected chi connectivity index (χ0v) is 28.8. The summed E-state index contributed by atoms with van der Waals surface area (Å²) < 4.78 is 18.7. The number of fused-ring (bicyclic) bond motifs is 3. The number of rotatable bonds is 17. The molecule has 47 heavy (non-hydrogen) atoms. The molecule has 11 nitrogen and oxygen atoms in total. The molecule has 0 bridgehead atoms. The van der Waals surface area contributed by atoms with Crippen molar-refractivity contribution in [1.82, 2.24) is 24.3 Å². The number of para-hydroxylation sites is 1. The molecule has 2 N–H and O–H groups in total. The van der Waals surface area contributed by atoms with Crippen molar-refractivity contribution in [2.45, 2.75) is 72.6 Å². The lowest BCUT2D eigenvalue weighted by atomic mass is 10.1. The van der Waals surface area contributed by atoms with Gasteiger partial charge in [0.05, 0.1) is 24.2 Å². The number of nitrogens with zero attached hydrogens (tertiary/aromatic N) is 5. The minimum absolute atomic E-state index is 0.0764. The molecule has 1 amide bonds. The molecule has 0 aliphatic rings. The van der Waals surface area contributed by atoms with Gasteiger partial charge in [0, 0.05) is 38.6 Å². The predicted octanol–water partition coefficient (Wildman–Crippen LogP) is 5.23. The Kier molecular flexibility index (Phi) is 12.6. The van der Waals surface area contributed by atoms with Gasteiger partial charge in [-0.05, 0) is 70.5 Å². The van der Waals surface area contributed by atoms with Crippen molar-refractivity contribution in [2.75, 3.05) is 52.2 Å². The lowest BCUT2D eigenvalue weighted by Gasteiger charge is -2.27. The van der Waals surface area contributed by atoms with Crippen LogP contribution >= 0.6 is 0 Å². The van der Waals surface area contributed by atoms with E-state index in [-0.39, 0.29) is 12.5 Å². The zero-order chi connectivity index (χ0) is 34.0. The smallest absolute Gasteiger partial charge is 0.344 e. The number of imidazole rings is 1. The van der Waals surface area contributed by atoms with Crippen LogP contribution in [0.1, 0.15) is 58.8 Å². The van der Waals surface area contributed by atoms with Crippen molar-refractivity contribution >= 4 is 39.6 Å². The summed E-state index contributed by atoms with van der Waals surface area (Å²) in [5.74, 6) is 1.53. The van der Waals surface area contributed by atoms with Gasteiger partial charge in [0.25, 0.3) is 0 Å². The summed E-state index contributed by atoms with van der Waals surface area (Å²) >= 11 is 0. The number of ether oxygens (including phenoxy) is 3. The number of unbranched alkanes of at least 4 members (excludes halogenated alkanes) is 1. The highest BCUT2D eigenvalue weighted by molar-refractivity contribution is 6.06. The van der Waals surface area contributed by atoms with E-state index in [0.29, 0.717) is 49.7 Å². The third kappa shape index (κ3) is 9.89. The van der Waals surface area contributed by atoms with Gasteiger partial charge in [0.2, 0.25) is 5.91 Å². The van der Waals surface area contributed by atoms with Crippen molar-refractivity contribution in [1.29, 1.82) is 0 Å². The van der Waals surface area contributed by atoms with E-state index in [9.17, 15) is 9.59 Å². The van der Waals surface area contributed by atoms with Gasteiger partial charge in [0.15, 0.2) is 12.4 Å². The molecule has 2 aromatic carbocycles. The van der Waals surface area contributed by atoms with E-state index in [1.165, 1.54) is 0 Å². The van der Waals surface area contributed by atoms with Crippen LogP contribution < -0.4 is 10.5 Å². The number of methoxy groups -OCH3 is 1. The summed E-state index contributed by atoms with van der Waals surface area (Å²) in [6, 6.07) is 15.5. The van der Waals surface area contributed by atoms with Gasteiger partial charge in [-0.2, -0.15) is 0 Å². The van der Waals surface area contributed by atoms with Gasteiger partial charge in [-0.1, -0.05) is 44.2 Å². The van der Waals surface area contributed by atoms with Crippen LogP contribution in [0.25, 0.3) is 21.9 Å². The fourth-order valence-corrected chi connectivity index (χ4v) is 5.60. The van der Waals surface area contributed by atoms with E-state index in [0.717, 1.165) is 60.3 Å². The van der Waals surface area contributed by atoms with Crippen molar-refractivity contribution in [3.63, 3.8) is 0 Å². The van der Waals surface area contributed by atoms with E-state index in [2.05, 4.69) is 34.4 Å². The highest BCUT2D eigenvalue weighted by Gasteiger charge is 2.20. The molecule has 0 saturated heterocycles. The van der Waals surface area contributed by atoms with Gasteiger partial charge >= 0.3 is 5.97 Å². The van der Waals surface area contributed by atoms with Gasteiger partial charge in [-0.15, -0.1) is 0 Å². The van der Waals surface area contributed by atoms with Crippen LogP contribution in [0.5, 0.6) is 5.75 Å². The first-order valence-corrected chi connectivity index (χ1v) is 16.5. The quantitative estimate of drug-likeness (QED) is 0.121. The second-order valence-electron chi connectivity index (χ2n) is 12.6. The molecule has 0 radical (unpaired) electrons. The lowest BCUT2D eigenvalue weighted by molar-refractivity contribution is -0.157. The maximum atomic E-state index is 13.6. The largest absolute Gasteiger partial charge is 0.482 e. The molecule has 11 heteroatoms. The number of aryl methyl sites for hydroxylation is 1. The number of nitrogens with two attached hydrogens (primary N) is 1. The molecule has 0 spiro atoms. The number of hydrogen-bond donors (Lipinski definition) is 1. The first kappa shape index (κ1) is 35.6. The molecule has 4 rings (SSSR count). The Morgan fingerprint density at radius 1 is 1.00 bits per heavy atom. The summed E-state index contributed by atoms with van der Waals surface area (Å²) in [4.78, 5) is 39.3. The van der Waals surface area contributed by atoms with E-state index in [1.54, 1.807) is 13.2 Å². The fraction of sp³-hybridized carbons (Fsp3) is 0.500. The summed E-state index contributed by atoms with van der Waals surface area (Å²) in [5, 5.41) is 1.01. The Bertz CT molecular complexity index is 1640. The Morgan fingerprint density at radius 3 is 2.49 bits per heavy atom. The van der Waals surface area contributed by atoms with Crippen LogP contribution in [0, 0.1) is 0 Å².